The Balaban J connectivity index is 1.61. The number of fused-ring (bicyclic) bond motifs is 1. The predicted molar refractivity (Wildman–Crippen MR) is 107 cm³/mol. The highest BCUT2D eigenvalue weighted by molar-refractivity contribution is 7.20. The number of aromatic nitrogens is 2. The summed E-state index contributed by atoms with van der Waals surface area (Å²) in [6, 6.07) is 3.78. The highest BCUT2D eigenvalue weighted by atomic mass is 32.1. The van der Waals surface area contributed by atoms with Crippen molar-refractivity contribution in [2.45, 2.75) is 46.1 Å². The SMILES string of the molecule is Cc1ccc(CNC(=O)c2sc3ncnc(N4CCCCCC4)c3c2C)o1. The van der Waals surface area contributed by atoms with Crippen LogP contribution in [0.1, 0.15) is 52.4 Å². The summed E-state index contributed by atoms with van der Waals surface area (Å²) in [5, 5.41) is 3.97. The maximum atomic E-state index is 12.8. The van der Waals surface area contributed by atoms with Gasteiger partial charge >= 0.3 is 0 Å². The lowest BCUT2D eigenvalue weighted by Gasteiger charge is -2.22. The second-order valence-electron chi connectivity index (χ2n) is 7.03. The van der Waals surface area contributed by atoms with Crippen molar-refractivity contribution in [3.63, 3.8) is 0 Å². The fourth-order valence-electron chi connectivity index (χ4n) is 3.62. The van der Waals surface area contributed by atoms with Crippen LogP contribution in [0.2, 0.25) is 0 Å². The van der Waals surface area contributed by atoms with E-state index in [0.717, 1.165) is 46.2 Å². The number of hydrogen-bond acceptors (Lipinski definition) is 6. The Hall–Kier alpha value is -2.41. The Morgan fingerprint density at radius 3 is 2.67 bits per heavy atom. The molecule has 4 heterocycles. The lowest BCUT2D eigenvalue weighted by molar-refractivity contribution is 0.0951. The third kappa shape index (κ3) is 3.69. The van der Waals surface area contributed by atoms with Crippen molar-refractivity contribution in [2.75, 3.05) is 18.0 Å². The van der Waals surface area contributed by atoms with E-state index in [-0.39, 0.29) is 5.91 Å². The fraction of sp³-hybridized carbons (Fsp3) is 0.450. The van der Waals surface area contributed by atoms with E-state index in [1.54, 1.807) is 6.33 Å². The number of aryl methyl sites for hydroxylation is 2. The maximum absolute atomic E-state index is 12.8. The van der Waals surface area contributed by atoms with Crippen molar-refractivity contribution < 1.29 is 9.21 Å². The molecule has 0 saturated carbocycles. The molecule has 4 rings (SSSR count). The van der Waals surface area contributed by atoms with Crippen LogP contribution < -0.4 is 10.2 Å². The highest BCUT2D eigenvalue weighted by Crippen LogP contribution is 2.35. The van der Waals surface area contributed by atoms with Crippen molar-refractivity contribution in [2.24, 2.45) is 0 Å². The molecule has 0 radical (unpaired) electrons. The van der Waals surface area contributed by atoms with Crippen LogP contribution in [0.25, 0.3) is 10.2 Å². The van der Waals surface area contributed by atoms with E-state index in [4.69, 9.17) is 4.42 Å². The Bertz CT molecular complexity index is 954. The number of furan rings is 1. The van der Waals surface area contributed by atoms with Crippen molar-refractivity contribution in [1.29, 1.82) is 0 Å². The van der Waals surface area contributed by atoms with Crippen LogP contribution >= 0.6 is 11.3 Å². The second kappa shape index (κ2) is 7.68. The van der Waals surface area contributed by atoms with Gasteiger partial charge in [0.1, 0.15) is 28.5 Å². The molecule has 7 heteroatoms. The minimum absolute atomic E-state index is 0.0913. The molecular weight excluding hydrogens is 360 g/mol. The predicted octanol–water partition coefficient (Wildman–Crippen LogP) is 4.21. The third-order valence-corrected chi connectivity index (χ3v) is 6.24. The molecule has 27 heavy (non-hydrogen) atoms. The smallest absolute Gasteiger partial charge is 0.262 e. The first kappa shape index (κ1) is 18.0. The van der Waals surface area contributed by atoms with E-state index in [2.05, 4.69) is 20.2 Å². The molecule has 0 spiro atoms. The summed E-state index contributed by atoms with van der Waals surface area (Å²) in [6.45, 7) is 6.30. The molecular formula is C20H24N4O2S. The molecule has 0 aromatic carbocycles. The van der Waals surface area contributed by atoms with Crippen LogP contribution in [0.4, 0.5) is 5.82 Å². The van der Waals surface area contributed by atoms with Gasteiger partial charge in [-0.1, -0.05) is 12.8 Å². The Morgan fingerprint density at radius 2 is 1.96 bits per heavy atom. The first-order valence-electron chi connectivity index (χ1n) is 9.46. The summed E-state index contributed by atoms with van der Waals surface area (Å²) in [6.07, 6.45) is 6.53. The third-order valence-electron chi connectivity index (χ3n) is 5.04. The molecule has 1 aliphatic heterocycles. The number of carbonyl (C=O) groups is 1. The van der Waals surface area contributed by atoms with Crippen LogP contribution in [0, 0.1) is 13.8 Å². The number of carbonyl (C=O) groups excluding carboxylic acids is 1. The molecule has 1 aliphatic rings. The van der Waals surface area contributed by atoms with Gasteiger partial charge in [0.2, 0.25) is 0 Å². The second-order valence-corrected chi connectivity index (χ2v) is 8.03. The Kier molecular flexibility index (Phi) is 5.11. The normalized spacial score (nSPS) is 15.1. The monoisotopic (exact) mass is 384 g/mol. The minimum Gasteiger partial charge on any atom is -0.465 e. The van der Waals surface area contributed by atoms with Gasteiger partial charge in [0, 0.05) is 13.1 Å². The van der Waals surface area contributed by atoms with Gasteiger partial charge in [-0.05, 0) is 44.4 Å². The number of amides is 1. The average Bonchev–Trinajstić information content (AvgIpc) is 3.11. The first-order valence-corrected chi connectivity index (χ1v) is 10.3. The fourth-order valence-corrected chi connectivity index (χ4v) is 4.68. The summed E-state index contributed by atoms with van der Waals surface area (Å²) >= 11 is 1.44. The molecule has 1 saturated heterocycles. The van der Waals surface area contributed by atoms with Gasteiger partial charge in [-0.25, -0.2) is 9.97 Å². The minimum atomic E-state index is -0.0913. The summed E-state index contributed by atoms with van der Waals surface area (Å²) in [5.41, 5.74) is 0.961. The zero-order valence-corrected chi connectivity index (χ0v) is 16.6. The molecule has 3 aromatic rings. The number of thiophene rings is 1. The molecule has 1 N–H and O–H groups in total. The molecule has 1 fully saturated rings. The van der Waals surface area contributed by atoms with Gasteiger partial charge < -0.3 is 14.6 Å². The van der Waals surface area contributed by atoms with Crippen molar-refractivity contribution in [3.05, 3.63) is 40.4 Å². The number of rotatable bonds is 4. The maximum Gasteiger partial charge on any atom is 0.262 e. The van der Waals surface area contributed by atoms with Gasteiger partial charge in [0.05, 0.1) is 16.8 Å². The summed E-state index contributed by atoms with van der Waals surface area (Å²) in [5.74, 6) is 2.47. The van der Waals surface area contributed by atoms with Crippen LogP contribution in [0.15, 0.2) is 22.9 Å². The van der Waals surface area contributed by atoms with Crippen LogP contribution in [0.3, 0.4) is 0 Å². The molecule has 0 atom stereocenters. The number of anilines is 1. The summed E-state index contributed by atoms with van der Waals surface area (Å²) < 4.78 is 5.53. The van der Waals surface area contributed by atoms with Crippen molar-refractivity contribution in [3.8, 4) is 0 Å². The van der Waals surface area contributed by atoms with E-state index in [0.29, 0.717) is 11.4 Å². The summed E-state index contributed by atoms with van der Waals surface area (Å²) in [4.78, 5) is 25.7. The topological polar surface area (TPSA) is 71.3 Å². The molecule has 6 nitrogen and oxygen atoms in total. The number of hydrogen-bond donors (Lipinski definition) is 1. The number of nitrogens with zero attached hydrogens (tertiary/aromatic N) is 3. The zero-order valence-electron chi connectivity index (χ0n) is 15.7. The van der Waals surface area contributed by atoms with E-state index in [9.17, 15) is 4.79 Å². The van der Waals surface area contributed by atoms with Gasteiger partial charge in [0.15, 0.2) is 0 Å². The first-order chi connectivity index (χ1) is 13.1. The van der Waals surface area contributed by atoms with E-state index >= 15 is 0 Å². The molecule has 0 bridgehead atoms. The molecule has 1 amide bonds. The average molecular weight is 385 g/mol. The van der Waals surface area contributed by atoms with Crippen LogP contribution in [0.5, 0.6) is 0 Å². The number of nitrogens with one attached hydrogen (secondary N) is 1. The summed E-state index contributed by atoms with van der Waals surface area (Å²) in [7, 11) is 0. The van der Waals surface area contributed by atoms with E-state index in [1.807, 2.05) is 26.0 Å². The van der Waals surface area contributed by atoms with Crippen molar-refractivity contribution in [1.82, 2.24) is 15.3 Å². The van der Waals surface area contributed by atoms with E-state index in [1.165, 1.54) is 37.0 Å². The van der Waals surface area contributed by atoms with E-state index < -0.39 is 0 Å². The van der Waals surface area contributed by atoms with Gasteiger partial charge in [-0.15, -0.1) is 11.3 Å². The highest BCUT2D eigenvalue weighted by Gasteiger charge is 2.22. The van der Waals surface area contributed by atoms with Gasteiger partial charge in [0.25, 0.3) is 5.91 Å². The van der Waals surface area contributed by atoms with Crippen LogP contribution in [-0.4, -0.2) is 29.0 Å². The standard InChI is InChI=1S/C20H24N4O2S/c1-13-7-8-15(26-13)11-21-19(25)17-14(2)16-18(22-12-23-20(16)27-17)24-9-5-3-4-6-10-24/h7-8,12H,3-6,9-11H2,1-2H3,(H,21,25). The van der Waals surface area contributed by atoms with Gasteiger partial charge in [-0.3, -0.25) is 4.79 Å². The molecule has 142 valence electrons. The lowest BCUT2D eigenvalue weighted by Crippen LogP contribution is -2.25. The zero-order chi connectivity index (χ0) is 18.8. The Labute approximate surface area is 162 Å². The van der Waals surface area contributed by atoms with Crippen molar-refractivity contribution >= 4 is 33.3 Å². The molecule has 0 aliphatic carbocycles. The quantitative estimate of drug-likeness (QED) is 0.729. The van der Waals surface area contributed by atoms with Crippen LogP contribution in [-0.2, 0) is 6.54 Å². The molecule has 3 aromatic heterocycles. The Morgan fingerprint density at radius 1 is 1.19 bits per heavy atom. The molecule has 0 unspecified atom stereocenters. The largest absolute Gasteiger partial charge is 0.465 e. The lowest BCUT2D eigenvalue weighted by atomic mass is 10.2. The van der Waals surface area contributed by atoms with Gasteiger partial charge in [-0.2, -0.15) is 0 Å².